The molecule has 0 aliphatic carbocycles. The average molecular weight is 838 g/mol. The second-order valence-electron chi connectivity index (χ2n) is 15.1. The molecule has 3 aromatic rings. The molecule has 0 aliphatic heterocycles. The Bertz CT molecular complexity index is 1230. The summed E-state index contributed by atoms with van der Waals surface area (Å²) in [5.74, 6) is 2.27. The number of hydrogen-bond donors (Lipinski definition) is 1. The van der Waals surface area contributed by atoms with E-state index in [0.717, 1.165) is 11.8 Å². The van der Waals surface area contributed by atoms with Gasteiger partial charge in [0.25, 0.3) is 0 Å². The maximum atomic E-state index is 4.12. The lowest BCUT2D eigenvalue weighted by Gasteiger charge is -2.20. The molecule has 3 atom stereocenters. The quantitative estimate of drug-likeness (QED) is 0.0644. The van der Waals surface area contributed by atoms with Crippen molar-refractivity contribution in [3.05, 3.63) is 54.2 Å². The zero-order valence-electron chi connectivity index (χ0n) is 31.9. The number of halogens is 2. The van der Waals surface area contributed by atoms with Crippen LogP contribution >= 0.6 is 54.5 Å². The molecule has 0 radical (unpaired) electrons. The van der Waals surface area contributed by atoms with Crippen LogP contribution in [-0.4, -0.2) is 4.98 Å². The zero-order chi connectivity index (χ0) is 35.1. The van der Waals surface area contributed by atoms with E-state index >= 15 is 0 Å². The van der Waals surface area contributed by atoms with Gasteiger partial charge in [0, 0.05) is 26.7 Å². The number of nitrogens with one attached hydrogen (secondary N) is 1. The van der Waals surface area contributed by atoms with Crippen LogP contribution in [0, 0.1) is 11.8 Å². The van der Waals surface area contributed by atoms with Gasteiger partial charge in [-0.25, -0.2) is 0 Å². The fourth-order valence-electron chi connectivity index (χ4n) is 7.82. The maximum Gasteiger partial charge on any atom is 0.0705 e. The first-order chi connectivity index (χ1) is 24.0. The van der Waals surface area contributed by atoms with Crippen LogP contribution in [0.5, 0.6) is 0 Å². The van der Waals surface area contributed by atoms with E-state index in [2.05, 4.69) is 94.9 Å². The Morgan fingerprint density at radius 3 is 1.61 bits per heavy atom. The lowest BCUT2D eigenvalue weighted by molar-refractivity contribution is 0.389. The van der Waals surface area contributed by atoms with Crippen molar-refractivity contribution < 1.29 is 0 Å². The fraction of sp³-hybridized carbons (Fsp3) is 0.727. The summed E-state index contributed by atoms with van der Waals surface area (Å²) in [6.07, 6.45) is 33.9. The minimum Gasteiger partial charge on any atom is -0.362 e. The summed E-state index contributed by atoms with van der Waals surface area (Å²) in [5, 5.41) is 0. The van der Waals surface area contributed by atoms with Crippen molar-refractivity contribution in [2.75, 3.05) is 0 Å². The van der Waals surface area contributed by atoms with Crippen LogP contribution in [-0.2, 0) is 12.8 Å². The normalized spacial score (nSPS) is 13.7. The van der Waals surface area contributed by atoms with Crippen molar-refractivity contribution in [3.63, 3.8) is 0 Å². The molecule has 278 valence electrons. The first-order valence-electron chi connectivity index (χ1n) is 20.7. The van der Waals surface area contributed by atoms with Crippen molar-refractivity contribution >= 4 is 54.5 Å². The summed E-state index contributed by atoms with van der Waals surface area (Å²) in [6, 6.07) is 11.8. The third-order valence-electron chi connectivity index (χ3n) is 10.8. The molecule has 3 unspecified atom stereocenters. The molecule has 0 aliphatic rings. The number of thiophene rings is 2. The van der Waals surface area contributed by atoms with Gasteiger partial charge in [0.05, 0.1) is 7.57 Å². The van der Waals surface area contributed by atoms with Crippen LogP contribution in [0.4, 0.5) is 0 Å². The lowest BCUT2D eigenvalue weighted by Crippen LogP contribution is -2.09. The Balaban J connectivity index is 1.75. The predicted molar refractivity (Wildman–Crippen MR) is 230 cm³/mol. The fourth-order valence-corrected chi connectivity index (χ4v) is 10.8. The van der Waals surface area contributed by atoms with E-state index in [-0.39, 0.29) is 0 Å². The summed E-state index contributed by atoms with van der Waals surface area (Å²) in [7, 11) is 0. The average Bonchev–Trinajstić information content (AvgIpc) is 3.83. The molecule has 0 spiro atoms. The highest BCUT2D eigenvalue weighted by Crippen LogP contribution is 2.39. The van der Waals surface area contributed by atoms with Crippen LogP contribution in [0.15, 0.2) is 37.9 Å². The molecule has 0 fully saturated rings. The van der Waals surface area contributed by atoms with Crippen LogP contribution in [0.2, 0.25) is 0 Å². The number of unbranched alkanes of at least 4 members (excludes halogenated alkanes) is 12. The summed E-state index contributed by atoms with van der Waals surface area (Å²) < 4.78 is 2.52. The number of aromatic amines is 1. The first kappa shape index (κ1) is 43.0. The van der Waals surface area contributed by atoms with E-state index in [1.165, 1.54) is 190 Å². The highest BCUT2D eigenvalue weighted by atomic mass is 79.9. The van der Waals surface area contributed by atoms with Gasteiger partial charge in [-0.2, -0.15) is 0 Å². The topological polar surface area (TPSA) is 15.8 Å². The van der Waals surface area contributed by atoms with E-state index in [0.29, 0.717) is 5.92 Å². The molecule has 3 aromatic heterocycles. The minimum absolute atomic E-state index is 0.717. The molecule has 49 heavy (non-hydrogen) atoms. The molecular weight excluding hydrogens is 766 g/mol. The maximum absolute atomic E-state index is 4.12. The van der Waals surface area contributed by atoms with Gasteiger partial charge in [-0.15, -0.1) is 22.7 Å². The lowest BCUT2D eigenvalue weighted by atomic mass is 9.87. The van der Waals surface area contributed by atoms with Crippen molar-refractivity contribution in [1.29, 1.82) is 0 Å². The molecular formula is C44H71Br2NS2. The van der Waals surface area contributed by atoms with E-state index in [1.54, 1.807) is 4.88 Å². The Kier molecular flexibility index (Phi) is 23.2. The molecule has 1 N–H and O–H groups in total. The third-order valence-corrected chi connectivity index (χ3v) is 14.2. The molecule has 0 saturated carbocycles. The van der Waals surface area contributed by atoms with E-state index in [4.69, 9.17) is 0 Å². The Morgan fingerprint density at radius 1 is 0.531 bits per heavy atom. The van der Waals surface area contributed by atoms with Gasteiger partial charge in [-0.05, 0) is 106 Å². The van der Waals surface area contributed by atoms with E-state index in [1.807, 2.05) is 22.7 Å². The first-order valence-corrected chi connectivity index (χ1v) is 23.9. The smallest absolute Gasteiger partial charge is 0.0705 e. The van der Waals surface area contributed by atoms with Crippen molar-refractivity contribution in [2.45, 2.75) is 194 Å². The monoisotopic (exact) mass is 835 g/mol. The highest BCUT2D eigenvalue weighted by Gasteiger charge is 2.21. The van der Waals surface area contributed by atoms with E-state index < -0.39 is 0 Å². The van der Waals surface area contributed by atoms with Crippen LogP contribution < -0.4 is 0 Å². The van der Waals surface area contributed by atoms with Gasteiger partial charge in [0.15, 0.2) is 0 Å². The zero-order valence-corrected chi connectivity index (χ0v) is 36.7. The van der Waals surface area contributed by atoms with Gasteiger partial charge in [0.2, 0.25) is 0 Å². The van der Waals surface area contributed by atoms with Gasteiger partial charge in [-0.1, -0.05) is 163 Å². The number of H-pyrrole nitrogens is 1. The predicted octanol–water partition coefficient (Wildman–Crippen LogP) is 17.5. The molecule has 0 bridgehead atoms. The van der Waals surface area contributed by atoms with Crippen LogP contribution in [0.25, 0.3) is 10.4 Å². The van der Waals surface area contributed by atoms with Gasteiger partial charge in [-0.3, -0.25) is 0 Å². The summed E-state index contributed by atoms with van der Waals surface area (Å²) in [4.78, 5) is 7.13. The van der Waals surface area contributed by atoms with Gasteiger partial charge in [0.1, 0.15) is 0 Å². The molecule has 5 heteroatoms. The van der Waals surface area contributed by atoms with Crippen molar-refractivity contribution in [1.82, 2.24) is 4.98 Å². The second-order valence-corrected chi connectivity index (χ2v) is 20.1. The standard InChI is InChI=1S/C44H71Br2NS2/c1-5-9-13-16-17-20-23-35(22-18-14-10-6-2)32-38-34-39(42-29-31-44(46)49-42)40(47-38)33-36(24-19-15-11-7-3)25-21-27-37(26-12-8-4)41-28-30-43(45)48-41/h28-31,34-37,47H,5-27,32-33H2,1-4H3. The van der Waals surface area contributed by atoms with Crippen LogP contribution in [0.3, 0.4) is 0 Å². The SMILES string of the molecule is CCCCCCCCC(CCCCCC)Cc1cc(-c2ccc(Br)s2)c(CC(CCCCCC)CCCC(CCCC)c2ccc(Br)s2)[nH]1. The number of aromatic nitrogens is 1. The molecule has 1 nitrogen and oxygen atoms in total. The van der Waals surface area contributed by atoms with Crippen LogP contribution in [0.1, 0.15) is 198 Å². The summed E-state index contributed by atoms with van der Waals surface area (Å²) >= 11 is 11.4. The summed E-state index contributed by atoms with van der Waals surface area (Å²) in [6.45, 7) is 9.34. The number of rotatable bonds is 30. The molecule has 3 heterocycles. The van der Waals surface area contributed by atoms with E-state index in [9.17, 15) is 0 Å². The molecule has 0 amide bonds. The minimum atomic E-state index is 0.717. The Morgan fingerprint density at radius 2 is 1.04 bits per heavy atom. The molecule has 0 aromatic carbocycles. The van der Waals surface area contributed by atoms with Gasteiger partial charge >= 0.3 is 0 Å². The highest BCUT2D eigenvalue weighted by molar-refractivity contribution is 9.11. The number of hydrogen-bond acceptors (Lipinski definition) is 2. The third kappa shape index (κ3) is 17.3. The largest absolute Gasteiger partial charge is 0.362 e. The van der Waals surface area contributed by atoms with Gasteiger partial charge < -0.3 is 4.98 Å². The molecule has 3 rings (SSSR count). The Labute approximate surface area is 327 Å². The summed E-state index contributed by atoms with van der Waals surface area (Å²) in [5.41, 5.74) is 4.49. The molecule has 0 saturated heterocycles. The van der Waals surface area contributed by atoms with Crippen molar-refractivity contribution in [3.8, 4) is 10.4 Å². The second kappa shape index (κ2) is 26.4. The Hall–Kier alpha value is -0.360. The van der Waals surface area contributed by atoms with Crippen molar-refractivity contribution in [2.24, 2.45) is 11.8 Å².